The molecule has 1 aromatic carbocycles. The van der Waals surface area contributed by atoms with Gasteiger partial charge in [-0.25, -0.2) is 0 Å². The van der Waals surface area contributed by atoms with E-state index in [2.05, 4.69) is 20.8 Å². The van der Waals surface area contributed by atoms with Crippen LogP contribution in [-0.2, 0) is 11.8 Å². The van der Waals surface area contributed by atoms with Gasteiger partial charge in [0.2, 0.25) is 0 Å². The van der Waals surface area contributed by atoms with E-state index >= 15 is 0 Å². The zero-order valence-corrected chi connectivity index (χ0v) is 17.6. The fraction of sp³-hybridized carbons (Fsp3) is 0.273. The number of nitriles is 4. The standard InChI is InChI=1S/C22H16N4S2/c1-5-14-6-15-18(12(8-23)9-24)16-7-17(22(2,3)4)28-21(16)19(20(15)27-14)13(10-25)11-26/h6-7H,5H2,1-4H3. The van der Waals surface area contributed by atoms with Crippen molar-refractivity contribution in [3.05, 3.63) is 32.3 Å². The maximum atomic E-state index is 9.59. The van der Waals surface area contributed by atoms with Crippen LogP contribution in [0.15, 0.2) is 12.1 Å². The summed E-state index contributed by atoms with van der Waals surface area (Å²) in [5.74, 6) is 0. The van der Waals surface area contributed by atoms with Crippen LogP contribution in [0.1, 0.15) is 37.4 Å². The molecule has 0 aliphatic carbocycles. The van der Waals surface area contributed by atoms with E-state index in [4.69, 9.17) is 0 Å². The van der Waals surface area contributed by atoms with Crippen LogP contribution in [0.25, 0.3) is 31.3 Å². The quantitative estimate of drug-likeness (QED) is 0.606. The van der Waals surface area contributed by atoms with Gasteiger partial charge in [-0.15, -0.1) is 22.7 Å². The van der Waals surface area contributed by atoms with E-state index in [-0.39, 0.29) is 16.6 Å². The first-order valence-electron chi connectivity index (χ1n) is 8.68. The van der Waals surface area contributed by atoms with Crippen molar-refractivity contribution in [3.8, 4) is 24.3 Å². The van der Waals surface area contributed by atoms with E-state index in [1.165, 1.54) is 22.7 Å². The van der Waals surface area contributed by atoms with Crippen molar-refractivity contribution in [2.24, 2.45) is 0 Å². The third kappa shape index (κ3) is 2.94. The Balaban J connectivity index is 2.86. The molecule has 0 fully saturated rings. The minimum absolute atomic E-state index is 0.0516. The van der Waals surface area contributed by atoms with E-state index in [1.807, 2.05) is 43.3 Å². The molecule has 0 aliphatic rings. The highest BCUT2D eigenvalue weighted by Crippen LogP contribution is 2.34. The van der Waals surface area contributed by atoms with Crippen molar-refractivity contribution in [3.63, 3.8) is 0 Å². The normalized spacial score (nSPS) is 10.9. The Kier molecular flexibility index (Phi) is 4.97. The van der Waals surface area contributed by atoms with Gasteiger partial charge in [0, 0.05) is 40.4 Å². The minimum atomic E-state index is -0.140. The zero-order valence-electron chi connectivity index (χ0n) is 16.0. The second-order valence-corrected chi connectivity index (χ2v) is 9.55. The SMILES string of the molecule is CCc1cc2c(=C(C#N)C#N)c3cc(C(C)(C)C)sc3c(=C(C#N)C#N)c2s1. The Morgan fingerprint density at radius 1 is 0.821 bits per heavy atom. The summed E-state index contributed by atoms with van der Waals surface area (Å²) in [5, 5.41) is 41.1. The highest BCUT2D eigenvalue weighted by Gasteiger charge is 2.22. The number of hydrogen-bond acceptors (Lipinski definition) is 6. The molecule has 136 valence electrons. The van der Waals surface area contributed by atoms with Gasteiger partial charge in [0.15, 0.2) is 0 Å². The summed E-state index contributed by atoms with van der Waals surface area (Å²) in [5.41, 5.74) is -0.0291. The summed E-state index contributed by atoms with van der Waals surface area (Å²) in [4.78, 5) is 2.15. The van der Waals surface area contributed by atoms with Gasteiger partial charge in [-0.1, -0.05) is 27.7 Å². The molecule has 0 spiro atoms. The lowest BCUT2D eigenvalue weighted by molar-refractivity contribution is 0.604. The van der Waals surface area contributed by atoms with Crippen molar-refractivity contribution in [2.75, 3.05) is 0 Å². The van der Waals surface area contributed by atoms with Gasteiger partial charge in [-0.2, -0.15) is 21.0 Å². The van der Waals surface area contributed by atoms with Crippen molar-refractivity contribution in [1.82, 2.24) is 0 Å². The van der Waals surface area contributed by atoms with Crippen LogP contribution in [0, 0.1) is 45.3 Å². The van der Waals surface area contributed by atoms with Crippen LogP contribution >= 0.6 is 22.7 Å². The molecule has 0 aliphatic heterocycles. The van der Waals surface area contributed by atoms with Gasteiger partial charge in [0.25, 0.3) is 0 Å². The molecule has 2 aromatic heterocycles. The third-order valence-electron chi connectivity index (χ3n) is 4.54. The number of hydrogen-bond donors (Lipinski definition) is 0. The Morgan fingerprint density at radius 3 is 1.82 bits per heavy atom. The minimum Gasteiger partial charge on any atom is -0.192 e. The topological polar surface area (TPSA) is 95.2 Å². The predicted octanol–water partition coefficient (Wildman–Crippen LogP) is 4.37. The Labute approximate surface area is 171 Å². The summed E-state index contributed by atoms with van der Waals surface area (Å²) < 4.78 is 1.58. The highest BCUT2D eigenvalue weighted by atomic mass is 32.1. The molecule has 6 heteroatoms. The molecule has 28 heavy (non-hydrogen) atoms. The Hall–Kier alpha value is -3.16. The highest BCUT2D eigenvalue weighted by molar-refractivity contribution is 7.21. The Morgan fingerprint density at radius 2 is 1.32 bits per heavy atom. The monoisotopic (exact) mass is 400 g/mol. The molecule has 0 amide bonds. The molecule has 0 unspecified atom stereocenters. The lowest BCUT2D eigenvalue weighted by Crippen LogP contribution is -2.15. The van der Waals surface area contributed by atoms with Gasteiger partial charge in [0.1, 0.15) is 35.4 Å². The second kappa shape index (κ2) is 7.10. The lowest BCUT2D eigenvalue weighted by Gasteiger charge is -2.14. The average Bonchev–Trinajstić information content (AvgIpc) is 3.28. The molecule has 2 heterocycles. The smallest absolute Gasteiger partial charge is 0.139 e. The third-order valence-corrected chi connectivity index (χ3v) is 7.42. The summed E-state index contributed by atoms with van der Waals surface area (Å²) in [6.45, 7) is 8.30. The average molecular weight is 401 g/mol. The molecule has 0 saturated heterocycles. The van der Waals surface area contributed by atoms with Crippen molar-refractivity contribution in [2.45, 2.75) is 39.5 Å². The summed E-state index contributed by atoms with van der Waals surface area (Å²) >= 11 is 3.04. The predicted molar refractivity (Wildman–Crippen MR) is 114 cm³/mol. The van der Waals surface area contributed by atoms with Crippen molar-refractivity contribution >= 4 is 54.0 Å². The molecule has 0 N–H and O–H groups in total. The molecule has 3 rings (SSSR count). The summed E-state index contributed by atoms with van der Waals surface area (Å²) in [7, 11) is 0. The Bertz CT molecular complexity index is 1280. The molecule has 4 nitrogen and oxygen atoms in total. The van der Waals surface area contributed by atoms with Gasteiger partial charge in [-0.05, 0) is 24.0 Å². The van der Waals surface area contributed by atoms with Gasteiger partial charge >= 0.3 is 0 Å². The van der Waals surface area contributed by atoms with Crippen molar-refractivity contribution in [1.29, 1.82) is 21.0 Å². The zero-order chi connectivity index (χ0) is 20.6. The van der Waals surface area contributed by atoms with E-state index < -0.39 is 0 Å². The number of nitrogens with zero attached hydrogens (tertiary/aromatic N) is 4. The fourth-order valence-electron chi connectivity index (χ4n) is 3.14. The molecule has 0 atom stereocenters. The molecule has 3 aromatic rings. The number of rotatable bonds is 1. The number of thiophene rings is 2. The van der Waals surface area contributed by atoms with Crippen LogP contribution in [0.4, 0.5) is 0 Å². The van der Waals surface area contributed by atoms with Crippen LogP contribution in [0.3, 0.4) is 0 Å². The van der Waals surface area contributed by atoms with E-state index in [0.717, 1.165) is 36.3 Å². The molecule has 0 radical (unpaired) electrons. The second-order valence-electron chi connectivity index (χ2n) is 7.36. The van der Waals surface area contributed by atoms with Crippen LogP contribution in [0.5, 0.6) is 0 Å². The number of aryl methyl sites for hydroxylation is 1. The summed E-state index contributed by atoms with van der Waals surface area (Å²) in [6.07, 6.45) is 0.794. The first kappa shape index (κ1) is 19.6. The maximum Gasteiger partial charge on any atom is 0.139 e. The van der Waals surface area contributed by atoms with E-state index in [0.29, 0.717) is 10.4 Å². The first-order valence-corrected chi connectivity index (χ1v) is 10.3. The largest absolute Gasteiger partial charge is 0.192 e. The molecular formula is C22H16N4S2. The van der Waals surface area contributed by atoms with Crippen LogP contribution < -0.4 is 10.4 Å². The molecule has 0 bridgehead atoms. The fourth-order valence-corrected chi connectivity index (χ4v) is 5.64. The summed E-state index contributed by atoms with van der Waals surface area (Å²) in [6, 6.07) is 12.1. The van der Waals surface area contributed by atoms with Gasteiger partial charge < -0.3 is 0 Å². The van der Waals surface area contributed by atoms with E-state index in [1.54, 1.807) is 0 Å². The maximum absolute atomic E-state index is 9.59. The number of fused-ring (bicyclic) bond motifs is 2. The van der Waals surface area contributed by atoms with E-state index in [9.17, 15) is 21.0 Å². The van der Waals surface area contributed by atoms with Crippen LogP contribution in [0.2, 0.25) is 0 Å². The molecule has 0 saturated carbocycles. The molecular weight excluding hydrogens is 384 g/mol. The first-order chi connectivity index (χ1) is 13.3. The van der Waals surface area contributed by atoms with Crippen LogP contribution in [-0.4, -0.2) is 0 Å². The van der Waals surface area contributed by atoms with Gasteiger partial charge in [-0.3, -0.25) is 0 Å². The van der Waals surface area contributed by atoms with Gasteiger partial charge in [0.05, 0.1) is 0 Å². The van der Waals surface area contributed by atoms with Crippen molar-refractivity contribution < 1.29 is 0 Å². The number of benzene rings is 1. The lowest BCUT2D eigenvalue weighted by atomic mass is 9.93.